The Labute approximate surface area is 113 Å². The van der Waals surface area contributed by atoms with Crippen molar-refractivity contribution < 1.29 is 4.74 Å². The van der Waals surface area contributed by atoms with Gasteiger partial charge in [0.2, 0.25) is 5.88 Å². The van der Waals surface area contributed by atoms with Crippen LogP contribution in [0.3, 0.4) is 0 Å². The molecule has 2 aromatic heterocycles. The van der Waals surface area contributed by atoms with Crippen molar-refractivity contribution in [3.63, 3.8) is 0 Å². The lowest BCUT2D eigenvalue weighted by atomic mass is 9.96. The first-order chi connectivity index (χ1) is 9.31. The standard InChI is InChI=1S/C14H20N4O/c1-3-17-9-7-11(8-10-17)14-15-12-5-4-6-13(19-2)18(12)16-14/h4-6,11H,3,7-10H2,1-2H3. The van der Waals surface area contributed by atoms with Gasteiger partial charge in [-0.25, -0.2) is 4.98 Å². The summed E-state index contributed by atoms with van der Waals surface area (Å²) in [5, 5.41) is 4.62. The fourth-order valence-electron chi connectivity index (χ4n) is 2.73. The van der Waals surface area contributed by atoms with Crippen molar-refractivity contribution >= 4 is 5.65 Å². The van der Waals surface area contributed by atoms with Crippen LogP contribution < -0.4 is 4.74 Å². The van der Waals surface area contributed by atoms with E-state index in [1.807, 2.05) is 18.2 Å². The van der Waals surface area contributed by atoms with Crippen LogP contribution in [-0.4, -0.2) is 46.2 Å². The fourth-order valence-corrected chi connectivity index (χ4v) is 2.73. The molecule has 0 aliphatic carbocycles. The second kappa shape index (κ2) is 5.17. The van der Waals surface area contributed by atoms with Gasteiger partial charge in [-0.1, -0.05) is 13.0 Å². The number of nitrogens with zero attached hydrogens (tertiary/aromatic N) is 4. The third-order valence-electron chi connectivity index (χ3n) is 3.95. The highest BCUT2D eigenvalue weighted by Gasteiger charge is 2.23. The van der Waals surface area contributed by atoms with Crippen LogP contribution in [0.1, 0.15) is 31.5 Å². The minimum absolute atomic E-state index is 0.479. The first-order valence-electron chi connectivity index (χ1n) is 6.94. The number of fused-ring (bicyclic) bond motifs is 1. The molecule has 102 valence electrons. The zero-order chi connectivity index (χ0) is 13.2. The van der Waals surface area contributed by atoms with Crippen LogP contribution in [0, 0.1) is 0 Å². The van der Waals surface area contributed by atoms with Crippen molar-refractivity contribution in [1.82, 2.24) is 19.5 Å². The summed E-state index contributed by atoms with van der Waals surface area (Å²) in [6, 6.07) is 5.83. The van der Waals surface area contributed by atoms with Crippen LogP contribution in [-0.2, 0) is 0 Å². The lowest BCUT2D eigenvalue weighted by Crippen LogP contribution is -2.32. The molecule has 5 heteroatoms. The van der Waals surface area contributed by atoms with Crippen LogP contribution in [0.15, 0.2) is 18.2 Å². The summed E-state index contributed by atoms with van der Waals surface area (Å²) in [5.41, 5.74) is 0.868. The van der Waals surface area contributed by atoms with E-state index >= 15 is 0 Å². The number of aromatic nitrogens is 3. The third kappa shape index (κ3) is 2.30. The molecule has 0 spiro atoms. The lowest BCUT2D eigenvalue weighted by Gasteiger charge is -2.29. The number of piperidine rings is 1. The molecule has 1 aliphatic heterocycles. The summed E-state index contributed by atoms with van der Waals surface area (Å²) in [6.45, 7) is 5.65. The summed E-state index contributed by atoms with van der Waals surface area (Å²) in [5.74, 6) is 2.18. The van der Waals surface area contributed by atoms with Gasteiger partial charge in [0.25, 0.3) is 0 Å². The Morgan fingerprint density at radius 1 is 1.32 bits per heavy atom. The average molecular weight is 260 g/mol. The van der Waals surface area contributed by atoms with E-state index in [0.29, 0.717) is 5.92 Å². The molecule has 0 unspecified atom stereocenters. The monoisotopic (exact) mass is 260 g/mol. The Morgan fingerprint density at radius 3 is 2.79 bits per heavy atom. The van der Waals surface area contributed by atoms with Crippen molar-refractivity contribution in [2.24, 2.45) is 0 Å². The summed E-state index contributed by atoms with van der Waals surface area (Å²) >= 11 is 0. The molecule has 0 saturated carbocycles. The van der Waals surface area contributed by atoms with E-state index in [4.69, 9.17) is 4.74 Å². The molecule has 5 nitrogen and oxygen atoms in total. The first kappa shape index (κ1) is 12.4. The molecule has 1 aliphatic rings. The number of ether oxygens (including phenoxy) is 1. The summed E-state index contributed by atoms with van der Waals surface area (Å²) in [4.78, 5) is 7.13. The van der Waals surface area contributed by atoms with Crippen molar-refractivity contribution in [1.29, 1.82) is 0 Å². The molecule has 0 atom stereocenters. The van der Waals surface area contributed by atoms with Gasteiger partial charge in [0, 0.05) is 12.0 Å². The lowest BCUT2D eigenvalue weighted by molar-refractivity contribution is 0.219. The number of likely N-dealkylation sites (tertiary alicyclic amines) is 1. The van der Waals surface area contributed by atoms with Gasteiger partial charge < -0.3 is 9.64 Å². The number of pyridine rings is 1. The smallest absolute Gasteiger partial charge is 0.216 e. The van der Waals surface area contributed by atoms with E-state index in [1.54, 1.807) is 11.6 Å². The molecular formula is C14H20N4O. The van der Waals surface area contributed by atoms with Crippen LogP contribution in [0.5, 0.6) is 5.88 Å². The predicted molar refractivity (Wildman–Crippen MR) is 73.6 cm³/mol. The van der Waals surface area contributed by atoms with Gasteiger partial charge in [-0.15, -0.1) is 5.10 Å². The maximum absolute atomic E-state index is 5.31. The highest BCUT2D eigenvalue weighted by molar-refractivity contribution is 5.41. The molecule has 0 aromatic carbocycles. The molecular weight excluding hydrogens is 240 g/mol. The maximum Gasteiger partial charge on any atom is 0.216 e. The molecule has 2 aromatic rings. The van der Waals surface area contributed by atoms with Gasteiger partial charge in [0.1, 0.15) is 0 Å². The molecule has 0 radical (unpaired) electrons. The number of hydrogen-bond acceptors (Lipinski definition) is 4. The van der Waals surface area contributed by atoms with E-state index in [2.05, 4.69) is 21.9 Å². The van der Waals surface area contributed by atoms with E-state index in [9.17, 15) is 0 Å². The minimum Gasteiger partial charge on any atom is -0.481 e. The number of rotatable bonds is 3. The Balaban J connectivity index is 1.86. The Bertz CT molecular complexity index is 558. The van der Waals surface area contributed by atoms with Crippen LogP contribution in [0.2, 0.25) is 0 Å². The highest BCUT2D eigenvalue weighted by atomic mass is 16.5. The van der Waals surface area contributed by atoms with Crippen LogP contribution in [0.4, 0.5) is 0 Å². The second-order valence-corrected chi connectivity index (χ2v) is 5.02. The SMILES string of the molecule is CCN1CCC(c2nc3cccc(OC)n3n2)CC1. The van der Waals surface area contributed by atoms with Gasteiger partial charge in [0.15, 0.2) is 11.5 Å². The van der Waals surface area contributed by atoms with Gasteiger partial charge in [-0.2, -0.15) is 4.52 Å². The zero-order valence-electron chi connectivity index (χ0n) is 11.5. The van der Waals surface area contributed by atoms with Crippen molar-refractivity contribution in [2.75, 3.05) is 26.7 Å². The van der Waals surface area contributed by atoms with Crippen LogP contribution in [0.25, 0.3) is 5.65 Å². The molecule has 19 heavy (non-hydrogen) atoms. The van der Waals surface area contributed by atoms with Crippen molar-refractivity contribution in [3.05, 3.63) is 24.0 Å². The topological polar surface area (TPSA) is 42.7 Å². The first-order valence-corrected chi connectivity index (χ1v) is 6.94. The van der Waals surface area contributed by atoms with Gasteiger partial charge in [0.05, 0.1) is 7.11 Å². The normalized spacial score (nSPS) is 18.0. The predicted octanol–water partition coefficient (Wildman–Crippen LogP) is 1.94. The molecule has 1 saturated heterocycles. The largest absolute Gasteiger partial charge is 0.481 e. The minimum atomic E-state index is 0.479. The quantitative estimate of drug-likeness (QED) is 0.846. The maximum atomic E-state index is 5.31. The van der Waals surface area contributed by atoms with E-state index in [0.717, 1.165) is 49.8 Å². The summed E-state index contributed by atoms with van der Waals surface area (Å²) in [7, 11) is 1.66. The van der Waals surface area contributed by atoms with Gasteiger partial charge in [-0.3, -0.25) is 0 Å². The van der Waals surface area contributed by atoms with Gasteiger partial charge in [-0.05, 0) is 38.5 Å². The Morgan fingerprint density at radius 2 is 2.11 bits per heavy atom. The molecule has 0 N–H and O–H groups in total. The van der Waals surface area contributed by atoms with Crippen molar-refractivity contribution in [2.45, 2.75) is 25.7 Å². The number of hydrogen-bond donors (Lipinski definition) is 0. The molecule has 3 heterocycles. The average Bonchev–Trinajstić information content (AvgIpc) is 2.91. The van der Waals surface area contributed by atoms with E-state index in [-0.39, 0.29) is 0 Å². The van der Waals surface area contributed by atoms with E-state index < -0.39 is 0 Å². The number of methoxy groups -OCH3 is 1. The molecule has 0 bridgehead atoms. The highest BCUT2D eigenvalue weighted by Crippen LogP contribution is 2.26. The van der Waals surface area contributed by atoms with Gasteiger partial charge >= 0.3 is 0 Å². The second-order valence-electron chi connectivity index (χ2n) is 5.02. The molecule has 1 fully saturated rings. The van der Waals surface area contributed by atoms with Crippen molar-refractivity contribution in [3.8, 4) is 5.88 Å². The third-order valence-corrected chi connectivity index (χ3v) is 3.95. The Kier molecular flexibility index (Phi) is 3.38. The summed E-state index contributed by atoms with van der Waals surface area (Å²) < 4.78 is 7.11. The molecule has 0 amide bonds. The van der Waals surface area contributed by atoms with E-state index in [1.165, 1.54) is 0 Å². The molecule has 3 rings (SSSR count). The fraction of sp³-hybridized carbons (Fsp3) is 0.571. The summed E-state index contributed by atoms with van der Waals surface area (Å²) in [6.07, 6.45) is 2.29. The zero-order valence-corrected chi connectivity index (χ0v) is 11.5. The Hall–Kier alpha value is -1.62. The van der Waals surface area contributed by atoms with Crippen LogP contribution >= 0.6 is 0 Å².